The predicted octanol–water partition coefficient (Wildman–Crippen LogP) is 32.0. The molecule has 0 bridgehead atoms. The molecule has 17 aromatic carbocycles. The van der Waals surface area contributed by atoms with Crippen molar-refractivity contribution in [2.24, 2.45) is 0 Å². The highest BCUT2D eigenvalue weighted by Crippen LogP contribution is 2.55. The van der Waals surface area contributed by atoms with Gasteiger partial charge < -0.3 is 14.4 Å². The Morgan fingerprint density at radius 1 is 0.222 bits per heavy atom. The first kappa shape index (κ1) is 75.9. The fourth-order valence-electron chi connectivity index (χ4n) is 19.3. The van der Waals surface area contributed by atoms with Crippen LogP contribution in [-0.4, -0.2) is 11.3 Å². The van der Waals surface area contributed by atoms with Crippen LogP contribution in [0.25, 0.3) is 139 Å². The van der Waals surface area contributed by atoms with Crippen molar-refractivity contribution in [3.8, 4) is 117 Å². The first-order chi connectivity index (χ1) is 62.3. The SMILES string of the molecule is [2H]c1c([2H])c([2H])c2c(c1[2H])c1cc(C(C)(C)C)ccc1n2-c1cc2c3c(c1)N(c1c(-c4ccccc4)cccc1-c1ccccc1)c1ccc(-c4cccc(-c5cc(-c6ccc(C(C)(C)C)cc6)cc(C(C)(C)C)c5)c4)cc1B3c1cc(-c3cccc(-c4cc(-c5ccc(C(C)(C)C)cc5)cc(C(C)(C)C)c4)c3)ccc1N2c1c(-c2ccccc2)cccc1-c1ccccc1. The maximum atomic E-state index is 10.4. The molecule has 20 rings (SSSR count). The number of hydrogen-bond acceptors (Lipinski definition) is 2. The molecule has 0 saturated carbocycles. The summed E-state index contributed by atoms with van der Waals surface area (Å²) in [6.45, 7) is 33.7. The highest BCUT2D eigenvalue weighted by molar-refractivity contribution is 7.00. The summed E-state index contributed by atoms with van der Waals surface area (Å²) in [5, 5.41) is 1.22. The highest BCUT2D eigenvalue weighted by Gasteiger charge is 2.46. The van der Waals surface area contributed by atoms with Gasteiger partial charge in [-0.05, 0) is 227 Å². The second kappa shape index (κ2) is 31.2. The molecule has 0 fully saturated rings. The van der Waals surface area contributed by atoms with Gasteiger partial charge in [0.25, 0.3) is 6.71 Å². The second-order valence-electron chi connectivity index (χ2n) is 39.9. The van der Waals surface area contributed by atoms with E-state index < -0.39 is 6.71 Å². The molecule has 0 N–H and O–H groups in total. The first-order valence-electron chi connectivity index (χ1n) is 46.6. The molecule has 0 amide bonds. The lowest BCUT2D eigenvalue weighted by Crippen LogP contribution is -2.61. The number of para-hydroxylation sites is 3. The maximum absolute atomic E-state index is 10.4. The first-order valence-corrected chi connectivity index (χ1v) is 44.6. The van der Waals surface area contributed by atoms with Crippen LogP contribution in [0.5, 0.6) is 0 Å². The molecule has 3 nitrogen and oxygen atoms in total. The van der Waals surface area contributed by atoms with E-state index >= 15 is 0 Å². The third-order valence-electron chi connectivity index (χ3n) is 26.3. The van der Waals surface area contributed by atoms with Crippen LogP contribution in [0.2, 0.25) is 0 Å². The Morgan fingerprint density at radius 3 is 0.905 bits per heavy atom. The fourth-order valence-corrected chi connectivity index (χ4v) is 19.3. The molecule has 3 heterocycles. The van der Waals surface area contributed by atoms with Crippen LogP contribution >= 0.6 is 0 Å². The standard InChI is InChI=1S/C122H108BN3/c1-118(2,3)95-58-52-79(53-59-95)91-68-93(72-98(70-91)121(10,11)12)87-44-30-42-85(66-87)89-56-63-111-107(74-89)123-108-75-90(86-43-31-45-88(67-86)94-69-92(71-99(73-94)122(13,14)15)80-54-60-96(61-55-80)119(4,5)6)57-64-112(108)126(117-103(83-38-24-18-25-39-83)49-33-50-104(117)84-40-26-19-27-41-84)114-78-100(124-109-51-29-28-46-105(109)106-76-97(120(7,8)9)62-65-110(106)124)77-113(115(114)123)125(111)116-101(81-34-20-16-21-35-81)47-32-48-102(116)82-36-22-17-23-37-82/h16-78H,1-15H3/i28D,29D,46D,51D. The Balaban J connectivity index is 0.920. The van der Waals surface area contributed by atoms with Gasteiger partial charge in [0.2, 0.25) is 0 Å². The molecule has 0 spiro atoms. The quantitative estimate of drug-likeness (QED) is 0.107. The summed E-state index contributed by atoms with van der Waals surface area (Å²) in [7, 11) is 0. The van der Waals surface area contributed by atoms with Gasteiger partial charge in [-0.15, -0.1) is 0 Å². The number of anilines is 6. The van der Waals surface area contributed by atoms with Gasteiger partial charge in [0, 0.05) is 55.8 Å². The van der Waals surface area contributed by atoms with E-state index in [-0.39, 0.29) is 51.2 Å². The minimum atomic E-state index is -0.480. The van der Waals surface area contributed by atoms with E-state index in [2.05, 4.69) is 476 Å². The smallest absolute Gasteiger partial charge is 0.252 e. The molecule has 614 valence electrons. The minimum absolute atomic E-state index is 0.0132. The Morgan fingerprint density at radius 2 is 0.532 bits per heavy atom. The van der Waals surface area contributed by atoms with Crippen LogP contribution in [0.4, 0.5) is 34.1 Å². The number of benzene rings is 17. The van der Waals surface area contributed by atoms with Crippen molar-refractivity contribution < 1.29 is 5.48 Å². The molecular formula is C122H108BN3. The van der Waals surface area contributed by atoms with Gasteiger partial charge in [-0.1, -0.05) is 419 Å². The van der Waals surface area contributed by atoms with Crippen LogP contribution in [0.3, 0.4) is 0 Å². The summed E-state index contributed by atoms with van der Waals surface area (Å²) in [4.78, 5) is 5.15. The van der Waals surface area contributed by atoms with E-state index in [4.69, 9.17) is 0 Å². The van der Waals surface area contributed by atoms with Gasteiger partial charge in [0.15, 0.2) is 0 Å². The summed E-state index contributed by atoms with van der Waals surface area (Å²) in [5.41, 5.74) is 38.4. The van der Waals surface area contributed by atoms with Crippen molar-refractivity contribution in [1.82, 2.24) is 4.57 Å². The normalized spacial score (nSPS) is 13.3. The number of aromatic nitrogens is 1. The molecule has 0 saturated heterocycles. The predicted molar refractivity (Wildman–Crippen MR) is 543 cm³/mol. The molecule has 2 aliphatic heterocycles. The number of hydrogen-bond donors (Lipinski definition) is 0. The average molecular weight is 1630 g/mol. The van der Waals surface area contributed by atoms with E-state index in [0.29, 0.717) is 10.9 Å². The molecule has 4 heteroatoms. The number of fused-ring (bicyclic) bond motifs is 7. The summed E-state index contributed by atoms with van der Waals surface area (Å²) in [6.07, 6.45) is 0. The molecule has 18 aromatic rings. The topological polar surface area (TPSA) is 11.4 Å². The Bertz CT molecular complexity index is 7020. The second-order valence-corrected chi connectivity index (χ2v) is 39.9. The number of rotatable bonds is 13. The third kappa shape index (κ3) is 14.8. The maximum Gasteiger partial charge on any atom is 0.252 e. The van der Waals surface area contributed by atoms with E-state index in [1.807, 2.05) is 0 Å². The average Bonchev–Trinajstić information content (AvgIpc) is 0.943. The van der Waals surface area contributed by atoms with Crippen LogP contribution < -0.4 is 26.2 Å². The van der Waals surface area contributed by atoms with E-state index in [1.165, 1.54) is 44.5 Å². The molecular weight excluding hydrogens is 1520 g/mol. The molecule has 1 aromatic heterocycles. The van der Waals surface area contributed by atoms with Crippen LogP contribution in [0.15, 0.2) is 382 Å². The van der Waals surface area contributed by atoms with Crippen LogP contribution in [0.1, 0.15) is 137 Å². The van der Waals surface area contributed by atoms with Crippen LogP contribution in [0, 0.1) is 0 Å². The lowest BCUT2D eigenvalue weighted by Gasteiger charge is -2.46. The molecule has 126 heavy (non-hydrogen) atoms. The lowest BCUT2D eigenvalue weighted by molar-refractivity contribution is 0.589. The van der Waals surface area contributed by atoms with Gasteiger partial charge in [-0.3, -0.25) is 0 Å². The van der Waals surface area contributed by atoms with E-state index in [0.717, 1.165) is 162 Å². The van der Waals surface area contributed by atoms with Gasteiger partial charge in [-0.2, -0.15) is 0 Å². The molecule has 0 radical (unpaired) electrons. The zero-order chi connectivity index (χ0) is 90.4. The van der Waals surface area contributed by atoms with Gasteiger partial charge >= 0.3 is 0 Å². The van der Waals surface area contributed by atoms with Crippen LogP contribution in [-0.2, 0) is 27.1 Å². The molecule has 0 aliphatic carbocycles. The zero-order valence-electron chi connectivity index (χ0n) is 79.0. The van der Waals surface area contributed by atoms with E-state index in [1.54, 1.807) is 0 Å². The largest absolute Gasteiger partial charge is 0.310 e. The lowest BCUT2D eigenvalue weighted by atomic mass is 9.33. The Hall–Kier alpha value is -13.8. The van der Waals surface area contributed by atoms with Gasteiger partial charge in [-0.25, -0.2) is 0 Å². The van der Waals surface area contributed by atoms with Crippen molar-refractivity contribution in [2.75, 3.05) is 9.80 Å². The summed E-state index contributed by atoms with van der Waals surface area (Å²) >= 11 is 0. The molecule has 2 aliphatic rings. The minimum Gasteiger partial charge on any atom is -0.310 e. The van der Waals surface area contributed by atoms with Gasteiger partial charge in [0.05, 0.1) is 33.6 Å². The van der Waals surface area contributed by atoms with E-state index in [9.17, 15) is 5.48 Å². The van der Waals surface area contributed by atoms with Crippen molar-refractivity contribution in [1.29, 1.82) is 0 Å². The Labute approximate surface area is 751 Å². The Kier molecular flexibility index (Phi) is 18.8. The van der Waals surface area contributed by atoms with Crippen molar-refractivity contribution in [3.05, 3.63) is 410 Å². The van der Waals surface area contributed by atoms with Crippen molar-refractivity contribution >= 4 is 79.0 Å². The summed E-state index contributed by atoms with van der Waals surface area (Å²) in [6, 6.07) is 133. The summed E-state index contributed by atoms with van der Waals surface area (Å²) < 4.78 is 41.8. The highest BCUT2D eigenvalue weighted by atomic mass is 15.2. The zero-order valence-corrected chi connectivity index (χ0v) is 75.0. The van der Waals surface area contributed by atoms with Crippen molar-refractivity contribution in [2.45, 2.75) is 131 Å². The molecule has 0 atom stereocenters. The van der Waals surface area contributed by atoms with Gasteiger partial charge in [0.1, 0.15) is 0 Å². The summed E-state index contributed by atoms with van der Waals surface area (Å²) in [5.74, 6) is 0. The number of nitrogens with zero attached hydrogens (tertiary/aromatic N) is 3. The monoisotopic (exact) mass is 1630 g/mol. The van der Waals surface area contributed by atoms with Crippen molar-refractivity contribution in [3.63, 3.8) is 0 Å². The third-order valence-corrected chi connectivity index (χ3v) is 26.3. The molecule has 0 unspecified atom stereocenters. The fraction of sp³-hybridized carbons (Fsp3) is 0.164.